The van der Waals surface area contributed by atoms with Gasteiger partial charge in [0.1, 0.15) is 0 Å². The van der Waals surface area contributed by atoms with Gasteiger partial charge in [0.2, 0.25) is 0 Å². The standard InChI is InChI=1S/C17H17IN2O2/c1-12(13-8-10-15(18)11-9-13)19-20-17(21)16(22-2)14-6-4-3-5-7-14/h3-11,16H,1-2H3,(H,20,21)/b19-12+. The van der Waals surface area contributed by atoms with Gasteiger partial charge in [0, 0.05) is 10.7 Å². The highest BCUT2D eigenvalue weighted by Crippen LogP contribution is 2.16. The molecule has 2 aromatic rings. The van der Waals surface area contributed by atoms with E-state index in [1.165, 1.54) is 7.11 Å². The van der Waals surface area contributed by atoms with Crippen LogP contribution in [-0.4, -0.2) is 18.7 Å². The van der Waals surface area contributed by atoms with Crippen molar-refractivity contribution in [1.82, 2.24) is 5.43 Å². The van der Waals surface area contributed by atoms with E-state index in [1.54, 1.807) is 0 Å². The molecule has 0 aliphatic carbocycles. The van der Waals surface area contributed by atoms with Gasteiger partial charge in [0.25, 0.3) is 5.91 Å². The summed E-state index contributed by atoms with van der Waals surface area (Å²) in [7, 11) is 1.51. The Morgan fingerprint density at radius 2 is 1.77 bits per heavy atom. The smallest absolute Gasteiger partial charge is 0.273 e. The third-order valence-corrected chi connectivity index (χ3v) is 3.89. The predicted molar refractivity (Wildman–Crippen MR) is 95.7 cm³/mol. The predicted octanol–water partition coefficient (Wildman–Crippen LogP) is 3.52. The van der Waals surface area contributed by atoms with Crippen LogP contribution < -0.4 is 5.43 Å². The number of nitrogens with zero attached hydrogens (tertiary/aromatic N) is 1. The van der Waals surface area contributed by atoms with E-state index in [2.05, 4.69) is 33.1 Å². The molecule has 0 spiro atoms. The van der Waals surface area contributed by atoms with Crippen LogP contribution in [0, 0.1) is 3.57 Å². The molecule has 0 aliphatic heterocycles. The summed E-state index contributed by atoms with van der Waals surface area (Å²) in [6.45, 7) is 1.85. The van der Waals surface area contributed by atoms with Gasteiger partial charge in [-0.1, -0.05) is 42.5 Å². The van der Waals surface area contributed by atoms with E-state index in [0.29, 0.717) is 0 Å². The zero-order valence-corrected chi connectivity index (χ0v) is 14.6. The van der Waals surface area contributed by atoms with Crippen LogP contribution in [0.5, 0.6) is 0 Å². The Kier molecular flexibility index (Phi) is 6.09. The van der Waals surface area contributed by atoms with Gasteiger partial charge in [0.15, 0.2) is 6.10 Å². The van der Waals surface area contributed by atoms with E-state index in [0.717, 1.165) is 20.4 Å². The Hall–Kier alpha value is -1.73. The molecule has 0 saturated heterocycles. The molecule has 0 aliphatic rings. The lowest BCUT2D eigenvalue weighted by molar-refractivity contribution is -0.131. The van der Waals surface area contributed by atoms with Crippen LogP contribution in [0.4, 0.5) is 0 Å². The second kappa shape index (κ2) is 8.05. The Labute approximate surface area is 143 Å². The number of hydrogen-bond donors (Lipinski definition) is 1. The number of amides is 1. The van der Waals surface area contributed by atoms with E-state index < -0.39 is 6.10 Å². The van der Waals surface area contributed by atoms with Crippen LogP contribution >= 0.6 is 22.6 Å². The number of benzene rings is 2. The Bertz CT molecular complexity index is 654. The number of ether oxygens (including phenoxy) is 1. The van der Waals surface area contributed by atoms with Gasteiger partial charge < -0.3 is 4.74 Å². The van der Waals surface area contributed by atoms with Gasteiger partial charge in [0.05, 0.1) is 5.71 Å². The molecule has 0 heterocycles. The fourth-order valence-corrected chi connectivity index (χ4v) is 2.34. The molecule has 114 valence electrons. The summed E-state index contributed by atoms with van der Waals surface area (Å²) in [6.07, 6.45) is -0.672. The van der Waals surface area contributed by atoms with E-state index in [-0.39, 0.29) is 5.91 Å². The van der Waals surface area contributed by atoms with Crippen LogP contribution in [0.1, 0.15) is 24.2 Å². The van der Waals surface area contributed by atoms with Gasteiger partial charge in [-0.3, -0.25) is 4.79 Å². The molecule has 0 radical (unpaired) electrons. The molecule has 1 N–H and O–H groups in total. The zero-order chi connectivity index (χ0) is 15.9. The van der Waals surface area contributed by atoms with Crippen molar-refractivity contribution in [3.05, 3.63) is 69.3 Å². The number of nitrogens with one attached hydrogen (secondary N) is 1. The number of hydrogen-bond acceptors (Lipinski definition) is 3. The molecule has 4 nitrogen and oxygen atoms in total. The zero-order valence-electron chi connectivity index (χ0n) is 12.4. The van der Waals surface area contributed by atoms with Crippen LogP contribution in [0.15, 0.2) is 59.7 Å². The summed E-state index contributed by atoms with van der Waals surface area (Å²) < 4.78 is 6.42. The summed E-state index contributed by atoms with van der Waals surface area (Å²) in [4.78, 5) is 12.2. The lowest BCUT2D eigenvalue weighted by Crippen LogP contribution is -2.27. The highest BCUT2D eigenvalue weighted by molar-refractivity contribution is 14.1. The van der Waals surface area contributed by atoms with Crippen LogP contribution in [0.2, 0.25) is 0 Å². The molecule has 0 fully saturated rings. The largest absolute Gasteiger partial charge is 0.367 e. The highest BCUT2D eigenvalue weighted by atomic mass is 127. The van der Waals surface area contributed by atoms with Crippen molar-refractivity contribution in [2.75, 3.05) is 7.11 Å². The minimum Gasteiger partial charge on any atom is -0.367 e. The van der Waals surface area contributed by atoms with Crippen molar-refractivity contribution in [3.8, 4) is 0 Å². The molecule has 5 heteroatoms. The highest BCUT2D eigenvalue weighted by Gasteiger charge is 2.19. The first kappa shape index (κ1) is 16.6. The number of rotatable bonds is 5. The number of halogens is 1. The molecule has 1 atom stereocenters. The van der Waals surface area contributed by atoms with E-state index in [4.69, 9.17) is 4.74 Å². The monoisotopic (exact) mass is 408 g/mol. The van der Waals surface area contributed by atoms with E-state index in [1.807, 2.05) is 61.5 Å². The summed E-state index contributed by atoms with van der Waals surface area (Å²) in [5.74, 6) is -0.293. The summed E-state index contributed by atoms with van der Waals surface area (Å²) in [5.41, 5.74) is 5.07. The van der Waals surface area contributed by atoms with Gasteiger partial charge in [-0.05, 0) is 52.8 Å². The topological polar surface area (TPSA) is 50.7 Å². The number of carbonyl (C=O) groups is 1. The molecule has 2 aromatic carbocycles. The summed E-state index contributed by atoms with van der Waals surface area (Å²) in [5, 5.41) is 4.15. The van der Waals surface area contributed by atoms with Gasteiger partial charge in [-0.2, -0.15) is 5.10 Å². The van der Waals surface area contributed by atoms with Crippen molar-refractivity contribution in [1.29, 1.82) is 0 Å². The number of methoxy groups -OCH3 is 1. The maximum atomic E-state index is 12.2. The molecule has 1 unspecified atom stereocenters. The van der Waals surface area contributed by atoms with Crippen LogP contribution in [0.3, 0.4) is 0 Å². The molecule has 1 amide bonds. The van der Waals surface area contributed by atoms with Gasteiger partial charge >= 0.3 is 0 Å². The molecule has 2 rings (SSSR count). The lowest BCUT2D eigenvalue weighted by Gasteiger charge is -2.14. The fourth-order valence-electron chi connectivity index (χ4n) is 1.98. The molecule has 22 heavy (non-hydrogen) atoms. The molecule has 0 bridgehead atoms. The van der Waals surface area contributed by atoms with Gasteiger partial charge in [-0.15, -0.1) is 0 Å². The third kappa shape index (κ3) is 4.38. The second-order valence-corrected chi connectivity index (χ2v) is 5.95. The molecular weight excluding hydrogens is 391 g/mol. The number of carbonyl (C=O) groups excluding carboxylic acids is 1. The van der Waals surface area contributed by atoms with E-state index in [9.17, 15) is 4.79 Å². The number of hydrazone groups is 1. The van der Waals surface area contributed by atoms with Crippen molar-refractivity contribution in [3.63, 3.8) is 0 Å². The van der Waals surface area contributed by atoms with Crippen LogP contribution in [-0.2, 0) is 9.53 Å². The Morgan fingerprint density at radius 1 is 1.14 bits per heavy atom. The average molecular weight is 408 g/mol. The molecular formula is C17H17IN2O2. The SMILES string of the molecule is COC(C(=O)N/N=C(\C)c1ccc(I)cc1)c1ccccc1. The third-order valence-electron chi connectivity index (χ3n) is 3.17. The first-order chi connectivity index (χ1) is 10.6. The minimum atomic E-state index is -0.672. The average Bonchev–Trinajstić information content (AvgIpc) is 2.55. The summed E-state index contributed by atoms with van der Waals surface area (Å²) >= 11 is 2.25. The van der Waals surface area contributed by atoms with Gasteiger partial charge in [-0.25, -0.2) is 5.43 Å². The van der Waals surface area contributed by atoms with Crippen molar-refractivity contribution < 1.29 is 9.53 Å². The maximum Gasteiger partial charge on any atom is 0.273 e. The summed E-state index contributed by atoms with van der Waals surface area (Å²) in [6, 6.07) is 17.3. The van der Waals surface area contributed by atoms with Crippen molar-refractivity contribution in [2.45, 2.75) is 13.0 Å². The quantitative estimate of drug-likeness (QED) is 0.468. The first-order valence-electron chi connectivity index (χ1n) is 6.79. The normalized spacial score (nSPS) is 12.8. The van der Waals surface area contributed by atoms with Crippen LogP contribution in [0.25, 0.3) is 0 Å². The lowest BCUT2D eigenvalue weighted by atomic mass is 10.1. The van der Waals surface area contributed by atoms with E-state index >= 15 is 0 Å². The van der Waals surface area contributed by atoms with Crippen molar-refractivity contribution in [2.24, 2.45) is 5.10 Å². The first-order valence-corrected chi connectivity index (χ1v) is 7.87. The Morgan fingerprint density at radius 3 is 2.36 bits per heavy atom. The maximum absolute atomic E-state index is 12.2. The fraction of sp³-hybridized carbons (Fsp3) is 0.176. The second-order valence-electron chi connectivity index (χ2n) is 4.71. The molecule has 0 aromatic heterocycles. The van der Waals surface area contributed by atoms with Crippen molar-refractivity contribution >= 4 is 34.2 Å². The molecule has 0 saturated carbocycles. The Balaban J connectivity index is 2.07. The minimum absolute atomic E-state index is 0.293.